The summed E-state index contributed by atoms with van der Waals surface area (Å²) >= 11 is 0. The van der Waals surface area contributed by atoms with E-state index in [4.69, 9.17) is 4.74 Å². The molecule has 2 aliphatic rings. The molecule has 1 aromatic heterocycles. The molecule has 4 rings (SSSR count). The first-order valence-electron chi connectivity index (χ1n) is 8.20. The molecular formula is C16H20N6O2. The average Bonchev–Trinajstić information content (AvgIpc) is 3.25. The van der Waals surface area contributed by atoms with E-state index in [2.05, 4.69) is 44.6 Å². The number of hydrogen-bond acceptors (Lipinski definition) is 6. The van der Waals surface area contributed by atoms with Crippen molar-refractivity contribution in [2.45, 2.75) is 25.4 Å². The van der Waals surface area contributed by atoms with Crippen molar-refractivity contribution in [2.24, 2.45) is 0 Å². The molecule has 8 nitrogen and oxygen atoms in total. The predicted molar refractivity (Wildman–Crippen MR) is 86.0 cm³/mol. The molecule has 0 radical (unpaired) electrons. The third-order valence-electron chi connectivity index (χ3n) is 5.04. The van der Waals surface area contributed by atoms with Crippen molar-refractivity contribution >= 4 is 6.09 Å². The van der Waals surface area contributed by atoms with Crippen LogP contribution in [0.2, 0.25) is 0 Å². The molecule has 8 heteroatoms. The molecule has 2 aromatic rings. The van der Waals surface area contributed by atoms with E-state index in [1.807, 2.05) is 17.0 Å². The van der Waals surface area contributed by atoms with Crippen molar-refractivity contribution in [1.82, 2.24) is 30.4 Å². The van der Waals surface area contributed by atoms with Gasteiger partial charge >= 0.3 is 6.09 Å². The number of aromatic amines is 1. The van der Waals surface area contributed by atoms with Gasteiger partial charge in [-0.2, -0.15) is 5.21 Å². The Morgan fingerprint density at radius 1 is 1.29 bits per heavy atom. The van der Waals surface area contributed by atoms with Crippen molar-refractivity contribution in [3.8, 4) is 11.4 Å². The van der Waals surface area contributed by atoms with Crippen LogP contribution in [0.5, 0.6) is 0 Å². The number of amides is 1. The molecule has 1 aromatic carbocycles. The molecule has 2 fully saturated rings. The minimum absolute atomic E-state index is 0.166. The second-order valence-electron chi connectivity index (χ2n) is 6.43. The van der Waals surface area contributed by atoms with Crippen LogP contribution in [0.1, 0.15) is 18.9 Å². The SMILES string of the molecule is CCC12COC(=O)N1CCN(Cc1ccc(-c3nn[nH]n3)cc1)C2. The van der Waals surface area contributed by atoms with Gasteiger partial charge in [0.1, 0.15) is 6.61 Å². The molecule has 2 aliphatic heterocycles. The van der Waals surface area contributed by atoms with Gasteiger partial charge in [-0.25, -0.2) is 4.79 Å². The van der Waals surface area contributed by atoms with E-state index in [1.54, 1.807) is 0 Å². The number of H-pyrrole nitrogens is 1. The number of benzene rings is 1. The number of nitrogens with one attached hydrogen (secondary N) is 1. The zero-order chi connectivity index (χ0) is 16.6. The van der Waals surface area contributed by atoms with E-state index in [9.17, 15) is 4.79 Å². The summed E-state index contributed by atoms with van der Waals surface area (Å²) in [5.41, 5.74) is 2.00. The maximum atomic E-state index is 11.9. The van der Waals surface area contributed by atoms with Crippen LogP contribution in [-0.2, 0) is 11.3 Å². The Kier molecular flexibility index (Phi) is 3.68. The van der Waals surface area contributed by atoms with Crippen LogP contribution in [0.25, 0.3) is 11.4 Å². The Bertz CT molecular complexity index is 717. The molecule has 3 heterocycles. The standard InChI is InChI=1S/C16H20N6O2/c1-2-16-10-21(7-8-22(16)15(23)24-11-16)9-12-3-5-13(6-4-12)14-17-19-20-18-14/h3-6H,2,7-11H2,1H3,(H,17,18,19,20). The quantitative estimate of drug-likeness (QED) is 0.910. The lowest BCUT2D eigenvalue weighted by Gasteiger charge is -2.44. The van der Waals surface area contributed by atoms with Gasteiger partial charge < -0.3 is 4.74 Å². The number of piperazine rings is 1. The molecule has 1 N–H and O–H groups in total. The lowest BCUT2D eigenvalue weighted by atomic mass is 9.92. The number of tetrazole rings is 1. The van der Waals surface area contributed by atoms with Crippen LogP contribution in [0, 0.1) is 0 Å². The fourth-order valence-electron chi connectivity index (χ4n) is 3.58. The van der Waals surface area contributed by atoms with Crippen LogP contribution in [0.15, 0.2) is 24.3 Å². The third kappa shape index (κ3) is 2.52. The Morgan fingerprint density at radius 3 is 2.83 bits per heavy atom. The Balaban J connectivity index is 1.45. The number of carbonyl (C=O) groups excluding carboxylic acids is 1. The van der Waals surface area contributed by atoms with E-state index in [0.717, 1.165) is 38.2 Å². The monoisotopic (exact) mass is 328 g/mol. The Morgan fingerprint density at radius 2 is 2.12 bits per heavy atom. The molecule has 126 valence electrons. The summed E-state index contributed by atoms with van der Waals surface area (Å²) in [6.07, 6.45) is 0.743. The van der Waals surface area contributed by atoms with E-state index in [-0.39, 0.29) is 11.6 Å². The molecule has 0 aliphatic carbocycles. The Hall–Kier alpha value is -2.48. The van der Waals surface area contributed by atoms with Crippen molar-refractivity contribution in [3.05, 3.63) is 29.8 Å². The zero-order valence-electron chi connectivity index (χ0n) is 13.6. The summed E-state index contributed by atoms with van der Waals surface area (Å²) in [6.45, 7) is 5.92. The molecule has 1 amide bonds. The lowest BCUT2D eigenvalue weighted by Crippen LogP contribution is -2.60. The van der Waals surface area contributed by atoms with Crippen molar-refractivity contribution in [3.63, 3.8) is 0 Å². The summed E-state index contributed by atoms with van der Waals surface area (Å²) in [4.78, 5) is 16.2. The third-order valence-corrected chi connectivity index (χ3v) is 5.04. The topological polar surface area (TPSA) is 87.2 Å². The van der Waals surface area contributed by atoms with Gasteiger partial charge in [0.25, 0.3) is 0 Å². The molecule has 0 bridgehead atoms. The summed E-state index contributed by atoms with van der Waals surface area (Å²) in [6, 6.07) is 8.20. The largest absolute Gasteiger partial charge is 0.447 e. The van der Waals surface area contributed by atoms with E-state index in [0.29, 0.717) is 12.4 Å². The Labute approximate surface area is 139 Å². The van der Waals surface area contributed by atoms with Gasteiger partial charge in [-0.1, -0.05) is 31.2 Å². The first kappa shape index (κ1) is 15.1. The number of cyclic esters (lactones) is 1. The van der Waals surface area contributed by atoms with Gasteiger partial charge in [0.05, 0.1) is 5.54 Å². The number of hydrogen-bond donors (Lipinski definition) is 1. The summed E-state index contributed by atoms with van der Waals surface area (Å²) in [5.74, 6) is 0.599. The number of rotatable bonds is 4. The van der Waals surface area contributed by atoms with Gasteiger partial charge in [-0.15, -0.1) is 10.2 Å². The average molecular weight is 328 g/mol. The minimum atomic E-state index is -0.167. The highest BCUT2D eigenvalue weighted by Gasteiger charge is 2.49. The first-order valence-corrected chi connectivity index (χ1v) is 8.20. The molecule has 24 heavy (non-hydrogen) atoms. The number of ether oxygens (including phenoxy) is 1. The van der Waals surface area contributed by atoms with Crippen LogP contribution >= 0.6 is 0 Å². The van der Waals surface area contributed by atoms with E-state index in [1.165, 1.54) is 5.56 Å². The number of aromatic nitrogens is 4. The van der Waals surface area contributed by atoms with Gasteiger partial charge in [0.15, 0.2) is 0 Å². The molecule has 0 saturated carbocycles. The minimum Gasteiger partial charge on any atom is -0.447 e. The smallest absolute Gasteiger partial charge is 0.410 e. The molecule has 0 spiro atoms. The first-order chi connectivity index (χ1) is 11.7. The fraction of sp³-hybridized carbons (Fsp3) is 0.500. The van der Waals surface area contributed by atoms with Gasteiger partial charge in [-0.3, -0.25) is 9.80 Å². The van der Waals surface area contributed by atoms with E-state index < -0.39 is 0 Å². The summed E-state index contributed by atoms with van der Waals surface area (Å²) < 4.78 is 5.29. The normalized spacial score (nSPS) is 24.0. The van der Waals surface area contributed by atoms with Gasteiger partial charge in [0.2, 0.25) is 5.82 Å². The van der Waals surface area contributed by atoms with Crippen LogP contribution in [0.4, 0.5) is 4.79 Å². The lowest BCUT2D eigenvalue weighted by molar-refractivity contribution is 0.0449. The van der Waals surface area contributed by atoms with Crippen LogP contribution in [-0.4, -0.2) is 68.3 Å². The van der Waals surface area contributed by atoms with E-state index >= 15 is 0 Å². The van der Waals surface area contributed by atoms with Gasteiger partial charge in [0, 0.05) is 31.7 Å². The number of fused-ring (bicyclic) bond motifs is 1. The number of nitrogens with zero attached hydrogens (tertiary/aromatic N) is 5. The van der Waals surface area contributed by atoms with Crippen molar-refractivity contribution in [1.29, 1.82) is 0 Å². The maximum Gasteiger partial charge on any atom is 0.410 e. The zero-order valence-corrected chi connectivity index (χ0v) is 13.6. The highest BCUT2D eigenvalue weighted by atomic mass is 16.6. The second-order valence-corrected chi connectivity index (χ2v) is 6.43. The fourth-order valence-corrected chi connectivity index (χ4v) is 3.58. The van der Waals surface area contributed by atoms with Gasteiger partial charge in [-0.05, 0) is 17.2 Å². The molecule has 1 atom stereocenters. The van der Waals surface area contributed by atoms with Crippen LogP contribution < -0.4 is 0 Å². The second kappa shape index (κ2) is 5.86. The van der Waals surface area contributed by atoms with Crippen molar-refractivity contribution < 1.29 is 9.53 Å². The molecule has 1 unspecified atom stereocenters. The molecular weight excluding hydrogens is 308 g/mol. The van der Waals surface area contributed by atoms with Crippen molar-refractivity contribution in [2.75, 3.05) is 26.2 Å². The maximum absolute atomic E-state index is 11.9. The highest BCUT2D eigenvalue weighted by molar-refractivity contribution is 5.71. The predicted octanol–water partition coefficient (Wildman–Crippen LogP) is 1.28. The highest BCUT2D eigenvalue weighted by Crippen LogP contribution is 2.32. The summed E-state index contributed by atoms with van der Waals surface area (Å²) in [5, 5.41) is 14.0. The number of carbonyl (C=O) groups is 1. The van der Waals surface area contributed by atoms with Crippen LogP contribution in [0.3, 0.4) is 0 Å². The molecule has 2 saturated heterocycles. The summed E-state index contributed by atoms with van der Waals surface area (Å²) in [7, 11) is 0.